The van der Waals surface area contributed by atoms with Crippen molar-refractivity contribution < 1.29 is 10.2 Å². The van der Waals surface area contributed by atoms with Crippen molar-refractivity contribution in [3.8, 4) is 5.75 Å². The van der Waals surface area contributed by atoms with Gasteiger partial charge in [-0.25, -0.2) is 0 Å². The number of hydrogen-bond donors (Lipinski definition) is 4. The van der Waals surface area contributed by atoms with Crippen LogP contribution in [0, 0.1) is 0 Å². The van der Waals surface area contributed by atoms with E-state index in [-0.39, 0.29) is 6.61 Å². The van der Waals surface area contributed by atoms with Gasteiger partial charge in [-0.15, -0.1) is 0 Å². The molecule has 17 heavy (non-hydrogen) atoms. The summed E-state index contributed by atoms with van der Waals surface area (Å²) in [7, 11) is 0. The van der Waals surface area contributed by atoms with Crippen LogP contribution in [0.3, 0.4) is 0 Å². The summed E-state index contributed by atoms with van der Waals surface area (Å²) in [5, 5.41) is 20.2. The van der Waals surface area contributed by atoms with E-state index in [2.05, 4.69) is 5.32 Å². The number of nitrogens with one attached hydrogen (secondary N) is 1. The zero-order chi connectivity index (χ0) is 12.8. The highest BCUT2D eigenvalue weighted by Gasteiger charge is 1.85. The molecule has 1 aromatic carbocycles. The summed E-state index contributed by atoms with van der Waals surface area (Å²) in [6, 6.07) is 8.71. The summed E-state index contributed by atoms with van der Waals surface area (Å²) < 4.78 is 0. The minimum absolute atomic E-state index is 0.282. The Labute approximate surface area is 103 Å². The molecule has 0 atom stereocenters. The molecule has 0 fully saturated rings. The van der Waals surface area contributed by atoms with Crippen molar-refractivity contribution in [3.05, 3.63) is 30.3 Å². The molecule has 1 rings (SSSR count). The van der Waals surface area contributed by atoms with Crippen LogP contribution in [0.15, 0.2) is 30.3 Å². The lowest BCUT2D eigenvalue weighted by atomic mass is 10.3. The van der Waals surface area contributed by atoms with Gasteiger partial charge < -0.3 is 21.3 Å². The molecule has 0 aromatic heterocycles. The molecule has 0 saturated carbocycles. The Hall–Kier alpha value is -1.10. The number of phenolic OH excluding ortho intramolecular Hbond substituents is 1. The molecule has 4 heteroatoms. The Kier molecular flexibility index (Phi) is 12.1. The SMILES string of the molecule is NCCCCNCCCO.Oc1ccccc1. The third-order valence-electron chi connectivity index (χ3n) is 2.08. The summed E-state index contributed by atoms with van der Waals surface area (Å²) in [6.07, 6.45) is 3.08. The Morgan fingerprint density at radius 3 is 2.12 bits per heavy atom. The van der Waals surface area contributed by atoms with Crippen molar-refractivity contribution in [1.82, 2.24) is 5.32 Å². The van der Waals surface area contributed by atoms with E-state index in [4.69, 9.17) is 15.9 Å². The van der Waals surface area contributed by atoms with Crippen molar-refractivity contribution in [3.63, 3.8) is 0 Å². The van der Waals surface area contributed by atoms with Gasteiger partial charge in [-0.05, 0) is 51.0 Å². The summed E-state index contributed by atoms with van der Waals surface area (Å²) in [6.45, 7) is 3.00. The molecule has 0 spiro atoms. The Morgan fingerprint density at radius 1 is 1.00 bits per heavy atom. The van der Waals surface area contributed by atoms with Crippen LogP contribution in [0.5, 0.6) is 5.75 Å². The number of hydrogen-bond acceptors (Lipinski definition) is 4. The van der Waals surface area contributed by atoms with Crippen molar-refractivity contribution in [2.24, 2.45) is 5.73 Å². The van der Waals surface area contributed by atoms with Gasteiger partial charge in [0.1, 0.15) is 5.75 Å². The predicted octanol–water partition coefficient (Wildman–Crippen LogP) is 1.09. The Balaban J connectivity index is 0.000000318. The molecular formula is C13H24N2O2. The van der Waals surface area contributed by atoms with Crippen LogP contribution in [0.4, 0.5) is 0 Å². The summed E-state index contributed by atoms with van der Waals surface area (Å²) in [4.78, 5) is 0. The topological polar surface area (TPSA) is 78.5 Å². The van der Waals surface area contributed by atoms with Crippen molar-refractivity contribution in [2.45, 2.75) is 19.3 Å². The van der Waals surface area contributed by atoms with E-state index in [0.29, 0.717) is 5.75 Å². The van der Waals surface area contributed by atoms with Gasteiger partial charge in [0.05, 0.1) is 0 Å². The normalized spacial score (nSPS) is 9.53. The highest BCUT2D eigenvalue weighted by atomic mass is 16.3. The smallest absolute Gasteiger partial charge is 0.115 e. The van der Waals surface area contributed by atoms with E-state index in [1.54, 1.807) is 24.3 Å². The van der Waals surface area contributed by atoms with E-state index in [9.17, 15) is 0 Å². The highest BCUT2D eigenvalue weighted by molar-refractivity contribution is 5.18. The van der Waals surface area contributed by atoms with Crippen molar-refractivity contribution in [2.75, 3.05) is 26.2 Å². The maximum absolute atomic E-state index is 8.63. The molecule has 0 saturated heterocycles. The second-order valence-corrected chi connectivity index (χ2v) is 3.66. The van der Waals surface area contributed by atoms with E-state index in [1.807, 2.05) is 6.07 Å². The third kappa shape index (κ3) is 12.8. The molecule has 1 aromatic rings. The van der Waals surface area contributed by atoms with Gasteiger partial charge in [0.15, 0.2) is 0 Å². The van der Waals surface area contributed by atoms with Crippen LogP contribution < -0.4 is 11.1 Å². The summed E-state index contributed by atoms with van der Waals surface area (Å²) >= 11 is 0. The number of rotatable bonds is 7. The molecule has 4 nitrogen and oxygen atoms in total. The first-order valence-electron chi connectivity index (χ1n) is 6.07. The summed E-state index contributed by atoms with van der Waals surface area (Å²) in [5.74, 6) is 0.322. The first-order valence-corrected chi connectivity index (χ1v) is 6.07. The van der Waals surface area contributed by atoms with Gasteiger partial charge in [-0.1, -0.05) is 18.2 Å². The minimum atomic E-state index is 0.282. The molecule has 0 radical (unpaired) electrons. The van der Waals surface area contributed by atoms with E-state index < -0.39 is 0 Å². The fourth-order valence-corrected chi connectivity index (χ4v) is 1.15. The second kappa shape index (κ2) is 13.0. The maximum atomic E-state index is 8.63. The second-order valence-electron chi connectivity index (χ2n) is 3.66. The molecule has 0 bridgehead atoms. The molecule has 0 aliphatic rings. The molecule has 0 amide bonds. The minimum Gasteiger partial charge on any atom is -0.508 e. The van der Waals surface area contributed by atoms with Crippen LogP contribution in [0.25, 0.3) is 0 Å². The van der Waals surface area contributed by atoms with E-state index in [0.717, 1.165) is 38.9 Å². The number of nitrogens with two attached hydrogens (primary N) is 1. The Bertz CT molecular complexity index is 234. The highest BCUT2D eigenvalue weighted by Crippen LogP contribution is 2.02. The lowest BCUT2D eigenvalue weighted by molar-refractivity contribution is 0.286. The number of para-hydroxylation sites is 1. The molecular weight excluding hydrogens is 216 g/mol. The molecule has 0 unspecified atom stereocenters. The number of benzene rings is 1. The average molecular weight is 240 g/mol. The zero-order valence-corrected chi connectivity index (χ0v) is 10.3. The number of aromatic hydroxyl groups is 1. The van der Waals surface area contributed by atoms with Crippen LogP contribution in [0.2, 0.25) is 0 Å². The fraction of sp³-hybridized carbons (Fsp3) is 0.538. The molecule has 98 valence electrons. The lowest BCUT2D eigenvalue weighted by Gasteiger charge is -2.00. The van der Waals surface area contributed by atoms with Gasteiger partial charge in [-0.3, -0.25) is 0 Å². The standard InChI is InChI=1S/C7H18N2O.C6H6O/c8-4-1-2-5-9-6-3-7-10;7-6-4-2-1-3-5-6/h9-10H,1-8H2;1-5,7H. The monoisotopic (exact) mass is 240 g/mol. The van der Waals surface area contributed by atoms with Crippen LogP contribution in [-0.4, -0.2) is 36.5 Å². The average Bonchev–Trinajstić information content (AvgIpc) is 2.35. The van der Waals surface area contributed by atoms with Gasteiger partial charge >= 0.3 is 0 Å². The summed E-state index contributed by atoms with van der Waals surface area (Å²) in [5.41, 5.74) is 5.30. The zero-order valence-electron chi connectivity index (χ0n) is 10.3. The quantitative estimate of drug-likeness (QED) is 0.538. The number of unbranched alkanes of at least 4 members (excludes halogenated alkanes) is 1. The van der Waals surface area contributed by atoms with Crippen LogP contribution in [0.1, 0.15) is 19.3 Å². The number of aliphatic hydroxyl groups is 1. The number of phenols is 1. The fourth-order valence-electron chi connectivity index (χ4n) is 1.15. The van der Waals surface area contributed by atoms with Gasteiger partial charge in [0.2, 0.25) is 0 Å². The molecule has 5 N–H and O–H groups in total. The van der Waals surface area contributed by atoms with Crippen LogP contribution >= 0.6 is 0 Å². The first-order chi connectivity index (χ1) is 8.31. The van der Waals surface area contributed by atoms with Gasteiger partial charge in [0, 0.05) is 6.61 Å². The maximum Gasteiger partial charge on any atom is 0.115 e. The Morgan fingerprint density at radius 2 is 1.65 bits per heavy atom. The lowest BCUT2D eigenvalue weighted by Crippen LogP contribution is -2.18. The first kappa shape index (κ1) is 15.9. The molecule has 0 aliphatic heterocycles. The van der Waals surface area contributed by atoms with E-state index >= 15 is 0 Å². The largest absolute Gasteiger partial charge is 0.508 e. The molecule has 0 aliphatic carbocycles. The molecule has 0 heterocycles. The van der Waals surface area contributed by atoms with Crippen LogP contribution in [-0.2, 0) is 0 Å². The van der Waals surface area contributed by atoms with Gasteiger partial charge in [0.25, 0.3) is 0 Å². The van der Waals surface area contributed by atoms with Gasteiger partial charge in [-0.2, -0.15) is 0 Å². The van der Waals surface area contributed by atoms with Crippen molar-refractivity contribution in [1.29, 1.82) is 0 Å². The van der Waals surface area contributed by atoms with E-state index in [1.165, 1.54) is 0 Å². The number of aliphatic hydroxyl groups excluding tert-OH is 1. The third-order valence-corrected chi connectivity index (χ3v) is 2.08. The predicted molar refractivity (Wildman–Crippen MR) is 71.0 cm³/mol. The van der Waals surface area contributed by atoms with Crippen molar-refractivity contribution >= 4 is 0 Å².